The van der Waals surface area contributed by atoms with Crippen LogP contribution in [-0.2, 0) is 11.2 Å². The molecule has 0 saturated heterocycles. The first kappa shape index (κ1) is 14.6. The molecule has 6 nitrogen and oxygen atoms in total. The van der Waals surface area contributed by atoms with Gasteiger partial charge in [-0.1, -0.05) is 12.1 Å². The van der Waals surface area contributed by atoms with Gasteiger partial charge in [-0.3, -0.25) is 19.9 Å². The molecule has 1 aromatic heterocycles. The lowest BCUT2D eigenvalue weighted by Crippen LogP contribution is -2.16. The Morgan fingerprint density at radius 2 is 2.14 bits per heavy atom. The number of carboxylic acid groups (broad SMARTS) is 1. The Balaban J connectivity index is 2.33. The van der Waals surface area contributed by atoms with E-state index in [2.05, 4.69) is 4.98 Å². The molecule has 0 aliphatic rings. The van der Waals surface area contributed by atoms with Crippen molar-refractivity contribution in [2.75, 3.05) is 0 Å². The minimum absolute atomic E-state index is 0.00125. The third-order valence-corrected chi connectivity index (χ3v) is 2.96. The third-order valence-electron chi connectivity index (χ3n) is 2.96. The van der Waals surface area contributed by atoms with Gasteiger partial charge in [0.15, 0.2) is 0 Å². The summed E-state index contributed by atoms with van der Waals surface area (Å²) in [5, 5.41) is 20.0. The number of aliphatic carboxylic acids is 1. The van der Waals surface area contributed by atoms with E-state index in [0.29, 0.717) is 5.56 Å². The molecule has 108 valence electrons. The lowest BCUT2D eigenvalue weighted by atomic mass is 9.95. The first-order chi connectivity index (χ1) is 9.97. The second-order valence-corrected chi connectivity index (χ2v) is 4.42. The molecule has 2 aromatic rings. The Bertz CT molecular complexity index is 690. The van der Waals surface area contributed by atoms with Crippen molar-refractivity contribution in [2.45, 2.75) is 12.3 Å². The predicted molar refractivity (Wildman–Crippen MR) is 71.4 cm³/mol. The van der Waals surface area contributed by atoms with Gasteiger partial charge < -0.3 is 5.11 Å². The molecule has 1 aromatic carbocycles. The zero-order valence-corrected chi connectivity index (χ0v) is 10.8. The monoisotopic (exact) mass is 290 g/mol. The average molecular weight is 290 g/mol. The summed E-state index contributed by atoms with van der Waals surface area (Å²) in [7, 11) is 0. The molecule has 21 heavy (non-hydrogen) atoms. The van der Waals surface area contributed by atoms with Crippen LogP contribution in [0.1, 0.15) is 17.2 Å². The fourth-order valence-corrected chi connectivity index (χ4v) is 1.96. The molecule has 0 bridgehead atoms. The first-order valence-corrected chi connectivity index (χ1v) is 6.05. The van der Waals surface area contributed by atoms with E-state index in [-0.39, 0.29) is 17.8 Å². The van der Waals surface area contributed by atoms with Crippen LogP contribution in [0.2, 0.25) is 0 Å². The summed E-state index contributed by atoms with van der Waals surface area (Å²) in [5.41, 5.74) is 0.321. The van der Waals surface area contributed by atoms with Gasteiger partial charge in [0.25, 0.3) is 5.69 Å². The van der Waals surface area contributed by atoms with Gasteiger partial charge in [-0.25, -0.2) is 4.39 Å². The lowest BCUT2D eigenvalue weighted by molar-refractivity contribution is -0.385. The maximum absolute atomic E-state index is 13.1. The predicted octanol–water partition coefficient (Wildman–Crippen LogP) is 2.54. The summed E-state index contributed by atoms with van der Waals surface area (Å²) in [6.07, 6.45) is 1.19. The zero-order chi connectivity index (χ0) is 15.4. The molecular formula is C14H11FN2O4. The van der Waals surface area contributed by atoms with E-state index in [1.54, 1.807) is 6.07 Å². The standard InChI is InChI=1S/C14H11FN2O4/c15-10-3-1-2-9(6-10)7-12(14(18)19)13-8-11(17(20)21)4-5-16-13/h1-6,8,12H,7H2,(H,18,19). The number of pyridine rings is 1. The van der Waals surface area contributed by atoms with E-state index in [0.717, 1.165) is 6.07 Å². The zero-order valence-electron chi connectivity index (χ0n) is 10.8. The van der Waals surface area contributed by atoms with Gasteiger partial charge in [-0.2, -0.15) is 0 Å². The highest BCUT2D eigenvalue weighted by molar-refractivity contribution is 5.76. The maximum Gasteiger partial charge on any atom is 0.312 e. The van der Waals surface area contributed by atoms with Crippen LogP contribution in [0.25, 0.3) is 0 Å². The number of halogens is 1. The number of nitrogens with zero attached hydrogens (tertiary/aromatic N) is 2. The normalized spacial score (nSPS) is 11.9. The first-order valence-electron chi connectivity index (χ1n) is 6.05. The largest absolute Gasteiger partial charge is 0.481 e. The lowest BCUT2D eigenvalue weighted by Gasteiger charge is -2.11. The van der Waals surface area contributed by atoms with Gasteiger partial charge in [-0.05, 0) is 24.1 Å². The SMILES string of the molecule is O=C(O)C(Cc1cccc(F)c1)c1cc([N+](=O)[O-])ccn1. The molecule has 1 N–H and O–H groups in total. The second kappa shape index (κ2) is 6.08. The molecule has 1 unspecified atom stereocenters. The molecule has 7 heteroatoms. The van der Waals surface area contributed by atoms with Crippen LogP contribution in [0, 0.1) is 15.9 Å². The number of hydrogen-bond acceptors (Lipinski definition) is 4. The molecule has 0 aliphatic heterocycles. The van der Waals surface area contributed by atoms with Crippen LogP contribution >= 0.6 is 0 Å². The summed E-state index contributed by atoms with van der Waals surface area (Å²) in [6, 6.07) is 7.86. The number of aromatic nitrogens is 1. The number of benzene rings is 1. The highest BCUT2D eigenvalue weighted by Crippen LogP contribution is 2.23. The minimum Gasteiger partial charge on any atom is -0.481 e. The van der Waals surface area contributed by atoms with Gasteiger partial charge in [0, 0.05) is 18.3 Å². The summed E-state index contributed by atoms with van der Waals surface area (Å²) in [4.78, 5) is 25.4. The highest BCUT2D eigenvalue weighted by atomic mass is 19.1. The third kappa shape index (κ3) is 3.59. The average Bonchev–Trinajstić information content (AvgIpc) is 2.44. The smallest absolute Gasteiger partial charge is 0.312 e. The van der Waals surface area contributed by atoms with Gasteiger partial charge >= 0.3 is 5.97 Å². The van der Waals surface area contributed by atoms with E-state index in [9.17, 15) is 24.4 Å². The van der Waals surface area contributed by atoms with Crippen molar-refractivity contribution in [3.63, 3.8) is 0 Å². The van der Waals surface area contributed by atoms with E-state index in [1.807, 2.05) is 0 Å². The Hall–Kier alpha value is -2.83. The maximum atomic E-state index is 13.1. The summed E-state index contributed by atoms with van der Waals surface area (Å²) in [6.45, 7) is 0. The number of carboxylic acids is 1. The van der Waals surface area contributed by atoms with Crippen molar-refractivity contribution in [1.29, 1.82) is 0 Å². The van der Waals surface area contributed by atoms with E-state index in [1.165, 1.54) is 30.5 Å². The molecule has 0 saturated carbocycles. The van der Waals surface area contributed by atoms with Gasteiger partial charge in [-0.15, -0.1) is 0 Å². The van der Waals surface area contributed by atoms with Crippen LogP contribution in [0.3, 0.4) is 0 Å². The van der Waals surface area contributed by atoms with Gasteiger partial charge in [0.05, 0.1) is 10.6 Å². The fraction of sp³-hybridized carbons (Fsp3) is 0.143. The topological polar surface area (TPSA) is 93.3 Å². The van der Waals surface area contributed by atoms with Crippen LogP contribution in [0.15, 0.2) is 42.6 Å². The minimum atomic E-state index is -1.17. The van der Waals surface area contributed by atoms with Crippen molar-refractivity contribution in [2.24, 2.45) is 0 Å². The van der Waals surface area contributed by atoms with E-state index < -0.39 is 22.6 Å². The van der Waals surface area contributed by atoms with Crippen LogP contribution in [0.4, 0.5) is 10.1 Å². The van der Waals surface area contributed by atoms with Crippen molar-refractivity contribution < 1.29 is 19.2 Å². The Morgan fingerprint density at radius 1 is 1.38 bits per heavy atom. The van der Waals surface area contributed by atoms with Crippen molar-refractivity contribution >= 4 is 11.7 Å². The number of nitro groups is 1. The second-order valence-electron chi connectivity index (χ2n) is 4.42. The molecule has 0 spiro atoms. The summed E-state index contributed by atoms with van der Waals surface area (Å²) < 4.78 is 13.1. The summed E-state index contributed by atoms with van der Waals surface area (Å²) >= 11 is 0. The number of hydrogen-bond donors (Lipinski definition) is 1. The molecule has 0 amide bonds. The van der Waals surface area contributed by atoms with Gasteiger partial charge in [0.2, 0.25) is 0 Å². The quantitative estimate of drug-likeness (QED) is 0.674. The molecular weight excluding hydrogens is 279 g/mol. The van der Waals surface area contributed by atoms with Crippen molar-refractivity contribution in [3.05, 3.63) is 69.8 Å². The molecule has 0 fully saturated rings. The van der Waals surface area contributed by atoms with E-state index in [4.69, 9.17) is 0 Å². The summed E-state index contributed by atoms with van der Waals surface area (Å²) in [5.74, 6) is -2.72. The molecule has 0 radical (unpaired) electrons. The van der Waals surface area contributed by atoms with Crippen LogP contribution in [0.5, 0.6) is 0 Å². The fourth-order valence-electron chi connectivity index (χ4n) is 1.96. The van der Waals surface area contributed by atoms with Gasteiger partial charge in [0.1, 0.15) is 11.7 Å². The van der Waals surface area contributed by atoms with Crippen LogP contribution < -0.4 is 0 Å². The van der Waals surface area contributed by atoms with E-state index >= 15 is 0 Å². The molecule has 0 aliphatic carbocycles. The van der Waals surface area contributed by atoms with Crippen molar-refractivity contribution in [3.8, 4) is 0 Å². The number of carbonyl (C=O) groups is 1. The van der Waals surface area contributed by atoms with Crippen LogP contribution in [-0.4, -0.2) is 21.0 Å². The highest BCUT2D eigenvalue weighted by Gasteiger charge is 2.23. The molecule has 2 rings (SSSR count). The Labute approximate surface area is 119 Å². The number of rotatable bonds is 5. The Kier molecular flexibility index (Phi) is 4.22. The molecule has 1 heterocycles. The Morgan fingerprint density at radius 3 is 2.76 bits per heavy atom. The van der Waals surface area contributed by atoms with Crippen molar-refractivity contribution in [1.82, 2.24) is 4.98 Å². The molecule has 1 atom stereocenters.